The van der Waals surface area contributed by atoms with Gasteiger partial charge in [-0.3, -0.25) is 4.79 Å². The van der Waals surface area contributed by atoms with Gasteiger partial charge in [-0.1, -0.05) is 29.8 Å². The largest absolute Gasteiger partial charge is 0.376 e. The van der Waals surface area contributed by atoms with E-state index in [4.69, 9.17) is 5.26 Å². The second-order valence-electron chi connectivity index (χ2n) is 5.25. The van der Waals surface area contributed by atoms with Crippen LogP contribution in [0.3, 0.4) is 0 Å². The van der Waals surface area contributed by atoms with Crippen molar-refractivity contribution in [3.63, 3.8) is 0 Å². The summed E-state index contributed by atoms with van der Waals surface area (Å²) in [5.74, 6) is -0.104. The van der Waals surface area contributed by atoms with Crippen molar-refractivity contribution in [2.24, 2.45) is 0 Å². The standard InChI is InChI=1S/C18H19N3O/c1-13-3-8-17(14(2)11-13)20-12-18(22)21-16-6-4-15(5-7-16)9-10-19/h3-8,11,20H,9,12H2,1-2H3,(H,21,22). The smallest absolute Gasteiger partial charge is 0.243 e. The first-order chi connectivity index (χ1) is 10.6. The third-order valence-electron chi connectivity index (χ3n) is 3.34. The van der Waals surface area contributed by atoms with Crippen LogP contribution in [0.4, 0.5) is 11.4 Å². The van der Waals surface area contributed by atoms with Crippen molar-refractivity contribution in [2.45, 2.75) is 20.3 Å². The predicted octanol–water partition coefficient (Wildman–Crippen LogP) is 3.42. The number of rotatable bonds is 5. The molecule has 0 aromatic heterocycles. The van der Waals surface area contributed by atoms with Crippen molar-refractivity contribution in [3.8, 4) is 6.07 Å². The van der Waals surface area contributed by atoms with Crippen LogP contribution >= 0.6 is 0 Å². The molecule has 0 aliphatic heterocycles. The zero-order valence-electron chi connectivity index (χ0n) is 12.8. The summed E-state index contributed by atoms with van der Waals surface area (Å²) in [6, 6.07) is 15.5. The van der Waals surface area contributed by atoms with E-state index < -0.39 is 0 Å². The molecule has 0 atom stereocenters. The molecule has 2 aromatic carbocycles. The van der Waals surface area contributed by atoms with Gasteiger partial charge in [0.2, 0.25) is 5.91 Å². The second-order valence-corrected chi connectivity index (χ2v) is 5.25. The predicted molar refractivity (Wildman–Crippen MR) is 88.8 cm³/mol. The van der Waals surface area contributed by atoms with E-state index in [1.807, 2.05) is 50.2 Å². The molecule has 0 bridgehead atoms. The minimum atomic E-state index is -0.104. The number of hydrogen-bond donors (Lipinski definition) is 2. The van der Waals surface area contributed by atoms with Gasteiger partial charge in [0, 0.05) is 11.4 Å². The lowest BCUT2D eigenvalue weighted by Crippen LogP contribution is -2.22. The molecule has 2 N–H and O–H groups in total. The van der Waals surface area contributed by atoms with Crippen LogP contribution in [-0.4, -0.2) is 12.5 Å². The zero-order valence-corrected chi connectivity index (χ0v) is 12.8. The molecule has 0 radical (unpaired) electrons. The summed E-state index contributed by atoms with van der Waals surface area (Å²) < 4.78 is 0. The van der Waals surface area contributed by atoms with Gasteiger partial charge >= 0.3 is 0 Å². The summed E-state index contributed by atoms with van der Waals surface area (Å²) in [5, 5.41) is 14.6. The van der Waals surface area contributed by atoms with Gasteiger partial charge in [0.05, 0.1) is 19.0 Å². The monoisotopic (exact) mass is 293 g/mol. The van der Waals surface area contributed by atoms with Gasteiger partial charge in [-0.2, -0.15) is 5.26 Å². The van der Waals surface area contributed by atoms with Crippen molar-refractivity contribution in [3.05, 3.63) is 59.2 Å². The highest BCUT2D eigenvalue weighted by atomic mass is 16.1. The van der Waals surface area contributed by atoms with Crippen molar-refractivity contribution in [2.75, 3.05) is 17.2 Å². The number of hydrogen-bond acceptors (Lipinski definition) is 3. The van der Waals surface area contributed by atoms with E-state index in [1.165, 1.54) is 5.56 Å². The average molecular weight is 293 g/mol. The van der Waals surface area contributed by atoms with Gasteiger partial charge in [-0.05, 0) is 43.2 Å². The van der Waals surface area contributed by atoms with Crippen molar-refractivity contribution < 1.29 is 4.79 Å². The van der Waals surface area contributed by atoms with E-state index in [9.17, 15) is 4.79 Å². The fourth-order valence-electron chi connectivity index (χ4n) is 2.19. The Balaban J connectivity index is 1.89. The lowest BCUT2D eigenvalue weighted by Gasteiger charge is -2.11. The molecule has 0 aliphatic rings. The number of nitriles is 1. The van der Waals surface area contributed by atoms with Crippen LogP contribution in [0.15, 0.2) is 42.5 Å². The number of anilines is 2. The minimum absolute atomic E-state index is 0.104. The summed E-state index contributed by atoms with van der Waals surface area (Å²) in [7, 11) is 0. The summed E-state index contributed by atoms with van der Waals surface area (Å²) in [6.45, 7) is 4.27. The van der Waals surface area contributed by atoms with Crippen LogP contribution in [0.25, 0.3) is 0 Å². The molecule has 1 amide bonds. The molecule has 2 rings (SSSR count). The fraction of sp³-hybridized carbons (Fsp3) is 0.222. The van der Waals surface area contributed by atoms with Crippen molar-refractivity contribution in [1.29, 1.82) is 5.26 Å². The van der Waals surface area contributed by atoms with Gasteiger partial charge in [0.15, 0.2) is 0 Å². The van der Waals surface area contributed by atoms with Crippen LogP contribution < -0.4 is 10.6 Å². The van der Waals surface area contributed by atoms with Gasteiger partial charge in [-0.15, -0.1) is 0 Å². The van der Waals surface area contributed by atoms with E-state index in [-0.39, 0.29) is 12.5 Å². The third kappa shape index (κ3) is 4.35. The highest BCUT2D eigenvalue weighted by molar-refractivity contribution is 5.93. The van der Waals surface area contributed by atoms with Gasteiger partial charge in [0.25, 0.3) is 0 Å². The Morgan fingerprint density at radius 3 is 2.50 bits per heavy atom. The van der Waals surface area contributed by atoms with E-state index in [2.05, 4.69) is 22.8 Å². The highest BCUT2D eigenvalue weighted by Crippen LogP contribution is 2.16. The van der Waals surface area contributed by atoms with E-state index >= 15 is 0 Å². The number of nitrogens with one attached hydrogen (secondary N) is 2. The van der Waals surface area contributed by atoms with Gasteiger partial charge < -0.3 is 10.6 Å². The second kappa shape index (κ2) is 7.28. The molecule has 22 heavy (non-hydrogen) atoms. The topological polar surface area (TPSA) is 64.9 Å². The quantitative estimate of drug-likeness (QED) is 0.887. The number of benzene rings is 2. The summed E-state index contributed by atoms with van der Waals surface area (Å²) in [5.41, 5.74) is 4.95. The first-order valence-corrected chi connectivity index (χ1v) is 7.15. The van der Waals surface area contributed by atoms with Crippen LogP contribution in [0, 0.1) is 25.2 Å². The molecule has 0 fully saturated rings. The van der Waals surface area contributed by atoms with Crippen molar-refractivity contribution >= 4 is 17.3 Å². The third-order valence-corrected chi connectivity index (χ3v) is 3.34. The maximum atomic E-state index is 11.9. The molecule has 0 aliphatic carbocycles. The summed E-state index contributed by atoms with van der Waals surface area (Å²) >= 11 is 0. The van der Waals surface area contributed by atoms with Gasteiger partial charge in [-0.25, -0.2) is 0 Å². The van der Waals surface area contributed by atoms with E-state index in [1.54, 1.807) is 0 Å². The number of carbonyl (C=O) groups is 1. The van der Waals surface area contributed by atoms with E-state index in [0.29, 0.717) is 6.42 Å². The summed E-state index contributed by atoms with van der Waals surface area (Å²) in [4.78, 5) is 11.9. The first-order valence-electron chi connectivity index (χ1n) is 7.15. The van der Waals surface area contributed by atoms with Crippen molar-refractivity contribution in [1.82, 2.24) is 0 Å². The Morgan fingerprint density at radius 2 is 1.86 bits per heavy atom. The lowest BCUT2D eigenvalue weighted by atomic mass is 10.1. The fourth-order valence-corrected chi connectivity index (χ4v) is 2.19. The highest BCUT2D eigenvalue weighted by Gasteiger charge is 2.04. The molecule has 0 saturated heterocycles. The van der Waals surface area contributed by atoms with Gasteiger partial charge in [0.1, 0.15) is 0 Å². The first kappa shape index (κ1) is 15.6. The molecule has 112 valence electrons. The lowest BCUT2D eigenvalue weighted by molar-refractivity contribution is -0.114. The summed E-state index contributed by atoms with van der Waals surface area (Å²) in [6.07, 6.45) is 0.377. The Morgan fingerprint density at radius 1 is 1.14 bits per heavy atom. The van der Waals surface area contributed by atoms with E-state index in [0.717, 1.165) is 22.5 Å². The van der Waals surface area contributed by atoms with Crippen LogP contribution in [-0.2, 0) is 11.2 Å². The molecular weight excluding hydrogens is 274 g/mol. The minimum Gasteiger partial charge on any atom is -0.376 e. The Labute approximate surface area is 130 Å². The molecule has 2 aromatic rings. The molecule has 0 spiro atoms. The van der Waals surface area contributed by atoms with Crippen LogP contribution in [0.5, 0.6) is 0 Å². The number of amides is 1. The SMILES string of the molecule is Cc1ccc(NCC(=O)Nc2ccc(CC#N)cc2)c(C)c1. The normalized spacial score (nSPS) is 9.86. The Hall–Kier alpha value is -2.80. The molecular formula is C18H19N3O. The zero-order chi connectivity index (χ0) is 15.9. The Kier molecular flexibility index (Phi) is 5.16. The van der Waals surface area contributed by atoms with Crippen LogP contribution in [0.1, 0.15) is 16.7 Å². The number of aryl methyl sites for hydroxylation is 2. The molecule has 0 unspecified atom stereocenters. The number of carbonyl (C=O) groups excluding carboxylic acids is 1. The number of nitrogens with zero attached hydrogens (tertiary/aromatic N) is 1. The maximum absolute atomic E-state index is 11.9. The maximum Gasteiger partial charge on any atom is 0.243 e. The molecule has 4 heteroatoms. The Bertz CT molecular complexity index is 699. The molecule has 4 nitrogen and oxygen atoms in total. The average Bonchev–Trinajstić information content (AvgIpc) is 2.49. The van der Waals surface area contributed by atoms with Crippen LogP contribution in [0.2, 0.25) is 0 Å². The molecule has 0 heterocycles. The molecule has 0 saturated carbocycles.